The third kappa shape index (κ3) is 5.44. The molecule has 7 heteroatoms. The summed E-state index contributed by atoms with van der Waals surface area (Å²) in [5.74, 6) is 0.449. The normalized spacial score (nSPS) is 12.7. The lowest BCUT2D eigenvalue weighted by atomic mass is 10.1. The molecule has 0 fully saturated rings. The molecule has 6 nitrogen and oxygen atoms in total. The zero-order valence-electron chi connectivity index (χ0n) is 14.7. The molecule has 0 radical (unpaired) electrons. The molecule has 3 N–H and O–H groups in total. The van der Waals surface area contributed by atoms with Gasteiger partial charge >= 0.3 is 0 Å². The number of ether oxygens (including phenoxy) is 1. The fourth-order valence-electron chi connectivity index (χ4n) is 2.36. The Bertz CT molecular complexity index is 890. The molecule has 0 aliphatic rings. The Hall–Kier alpha value is -2.64. The third-order valence-electron chi connectivity index (χ3n) is 3.70. The molecule has 0 bridgehead atoms. The van der Waals surface area contributed by atoms with Crippen LogP contribution in [0.5, 0.6) is 5.75 Å². The predicted octanol–water partition coefficient (Wildman–Crippen LogP) is 2.62. The van der Waals surface area contributed by atoms with Crippen LogP contribution in [0.25, 0.3) is 6.08 Å². The van der Waals surface area contributed by atoms with Gasteiger partial charge in [0, 0.05) is 11.6 Å². The number of carbonyl (C=O) groups is 1. The molecule has 0 aromatic heterocycles. The second-order valence-corrected chi connectivity index (χ2v) is 7.21. The maximum absolute atomic E-state index is 12.1. The SMILES string of the molecule is CCOc1ccccc1/C=C/C(=O)NC(C)c1ccc(S(N)(=O)=O)cc1. The third-order valence-corrected chi connectivity index (χ3v) is 4.63. The Balaban J connectivity index is 2.03. The molecular weight excluding hydrogens is 352 g/mol. The van der Waals surface area contributed by atoms with Crippen LogP contribution in [0.3, 0.4) is 0 Å². The van der Waals surface area contributed by atoms with Crippen molar-refractivity contribution in [1.29, 1.82) is 0 Å². The summed E-state index contributed by atoms with van der Waals surface area (Å²) in [6.07, 6.45) is 3.13. The van der Waals surface area contributed by atoms with E-state index in [0.717, 1.165) is 11.1 Å². The van der Waals surface area contributed by atoms with E-state index in [9.17, 15) is 13.2 Å². The minimum absolute atomic E-state index is 0.0344. The maximum atomic E-state index is 12.1. The first kappa shape index (κ1) is 19.7. The molecule has 1 unspecified atom stereocenters. The summed E-state index contributed by atoms with van der Waals surface area (Å²) >= 11 is 0. The van der Waals surface area contributed by atoms with E-state index in [1.54, 1.807) is 18.2 Å². The average molecular weight is 374 g/mol. The lowest BCUT2D eigenvalue weighted by Crippen LogP contribution is -2.24. The number of nitrogens with two attached hydrogens (primary N) is 1. The summed E-state index contributed by atoms with van der Waals surface area (Å²) in [6.45, 7) is 4.25. The number of rotatable bonds is 7. The first-order valence-corrected chi connectivity index (χ1v) is 9.69. The standard InChI is InChI=1S/C19H22N2O4S/c1-3-25-18-7-5-4-6-16(18)10-13-19(22)21-14(2)15-8-11-17(12-9-15)26(20,23)24/h4-14H,3H2,1-2H3,(H,21,22)(H2,20,23,24)/b13-10+. The zero-order valence-corrected chi connectivity index (χ0v) is 15.5. The molecule has 1 amide bonds. The molecule has 0 spiro atoms. The van der Waals surface area contributed by atoms with Crippen LogP contribution in [0.2, 0.25) is 0 Å². The molecule has 0 aliphatic heterocycles. The number of hydrogen-bond acceptors (Lipinski definition) is 4. The van der Waals surface area contributed by atoms with Crippen molar-refractivity contribution in [3.8, 4) is 5.75 Å². The van der Waals surface area contributed by atoms with Crippen molar-refractivity contribution < 1.29 is 17.9 Å². The quantitative estimate of drug-likeness (QED) is 0.728. The Labute approximate surface area is 153 Å². The van der Waals surface area contributed by atoms with Crippen LogP contribution in [0, 0.1) is 0 Å². The zero-order chi connectivity index (χ0) is 19.2. The van der Waals surface area contributed by atoms with E-state index >= 15 is 0 Å². The van der Waals surface area contributed by atoms with Crippen molar-refractivity contribution in [2.45, 2.75) is 24.8 Å². The lowest BCUT2D eigenvalue weighted by Gasteiger charge is -2.13. The van der Waals surface area contributed by atoms with Gasteiger partial charge in [-0.25, -0.2) is 13.6 Å². The number of primary sulfonamides is 1. The molecule has 0 saturated heterocycles. The second kappa shape index (κ2) is 8.64. The van der Waals surface area contributed by atoms with Crippen LogP contribution < -0.4 is 15.2 Å². The average Bonchev–Trinajstić information content (AvgIpc) is 2.60. The van der Waals surface area contributed by atoms with Gasteiger partial charge in [0.1, 0.15) is 5.75 Å². The Morgan fingerprint density at radius 1 is 1.19 bits per heavy atom. The van der Waals surface area contributed by atoms with E-state index in [1.165, 1.54) is 18.2 Å². The van der Waals surface area contributed by atoms with Crippen molar-refractivity contribution in [3.63, 3.8) is 0 Å². The van der Waals surface area contributed by atoms with Gasteiger partial charge in [-0.1, -0.05) is 30.3 Å². The number of hydrogen-bond donors (Lipinski definition) is 2. The monoisotopic (exact) mass is 374 g/mol. The molecule has 2 rings (SSSR count). The highest BCUT2D eigenvalue weighted by molar-refractivity contribution is 7.89. The molecule has 2 aromatic rings. The van der Waals surface area contributed by atoms with Crippen molar-refractivity contribution >= 4 is 22.0 Å². The molecule has 1 atom stereocenters. The number of para-hydroxylation sites is 1. The first-order chi connectivity index (χ1) is 12.3. The summed E-state index contributed by atoms with van der Waals surface area (Å²) in [6, 6.07) is 13.2. The van der Waals surface area contributed by atoms with Gasteiger partial charge in [0.15, 0.2) is 0 Å². The van der Waals surface area contributed by atoms with Gasteiger partial charge in [-0.2, -0.15) is 0 Å². The Morgan fingerprint density at radius 2 is 1.85 bits per heavy atom. The molecule has 138 valence electrons. The van der Waals surface area contributed by atoms with Crippen LogP contribution in [-0.4, -0.2) is 20.9 Å². The van der Waals surface area contributed by atoms with E-state index < -0.39 is 10.0 Å². The van der Waals surface area contributed by atoms with Gasteiger partial charge < -0.3 is 10.1 Å². The number of amides is 1. The fourth-order valence-corrected chi connectivity index (χ4v) is 2.88. The van der Waals surface area contributed by atoms with E-state index in [-0.39, 0.29) is 16.8 Å². The first-order valence-electron chi connectivity index (χ1n) is 8.14. The number of benzene rings is 2. The Morgan fingerprint density at radius 3 is 2.46 bits per heavy atom. The minimum atomic E-state index is -3.73. The van der Waals surface area contributed by atoms with E-state index in [4.69, 9.17) is 9.88 Å². The van der Waals surface area contributed by atoms with Gasteiger partial charge in [0.05, 0.1) is 17.5 Å². The van der Waals surface area contributed by atoms with Crippen LogP contribution in [-0.2, 0) is 14.8 Å². The topological polar surface area (TPSA) is 98.5 Å². The van der Waals surface area contributed by atoms with Gasteiger partial charge in [-0.05, 0) is 43.7 Å². The van der Waals surface area contributed by atoms with Gasteiger partial charge in [0.25, 0.3) is 0 Å². The summed E-state index contributed by atoms with van der Waals surface area (Å²) in [4.78, 5) is 12.2. The summed E-state index contributed by atoms with van der Waals surface area (Å²) < 4.78 is 28.1. The summed E-state index contributed by atoms with van der Waals surface area (Å²) in [7, 11) is -3.73. The van der Waals surface area contributed by atoms with Crippen molar-refractivity contribution in [3.05, 3.63) is 65.7 Å². The van der Waals surface area contributed by atoms with Crippen LogP contribution in [0.4, 0.5) is 0 Å². The second-order valence-electron chi connectivity index (χ2n) is 5.65. The molecule has 26 heavy (non-hydrogen) atoms. The molecule has 0 saturated carbocycles. The smallest absolute Gasteiger partial charge is 0.244 e. The fraction of sp³-hybridized carbons (Fsp3) is 0.211. The summed E-state index contributed by atoms with van der Waals surface area (Å²) in [5.41, 5.74) is 1.59. The predicted molar refractivity (Wildman–Crippen MR) is 101 cm³/mol. The van der Waals surface area contributed by atoms with Gasteiger partial charge in [-0.3, -0.25) is 4.79 Å². The maximum Gasteiger partial charge on any atom is 0.244 e. The summed E-state index contributed by atoms with van der Waals surface area (Å²) in [5, 5.41) is 7.90. The Kier molecular flexibility index (Phi) is 6.54. The van der Waals surface area contributed by atoms with Crippen molar-refractivity contribution in [2.75, 3.05) is 6.61 Å². The number of nitrogens with one attached hydrogen (secondary N) is 1. The van der Waals surface area contributed by atoms with Gasteiger partial charge in [-0.15, -0.1) is 0 Å². The van der Waals surface area contributed by atoms with E-state index in [1.807, 2.05) is 38.1 Å². The number of carbonyl (C=O) groups excluding carboxylic acids is 1. The highest BCUT2D eigenvalue weighted by Crippen LogP contribution is 2.19. The molecule has 0 heterocycles. The highest BCUT2D eigenvalue weighted by Gasteiger charge is 2.11. The van der Waals surface area contributed by atoms with Crippen LogP contribution in [0.1, 0.15) is 31.0 Å². The van der Waals surface area contributed by atoms with Crippen LogP contribution >= 0.6 is 0 Å². The largest absolute Gasteiger partial charge is 0.493 e. The van der Waals surface area contributed by atoms with Gasteiger partial charge in [0.2, 0.25) is 15.9 Å². The van der Waals surface area contributed by atoms with Crippen molar-refractivity contribution in [2.24, 2.45) is 5.14 Å². The van der Waals surface area contributed by atoms with E-state index in [0.29, 0.717) is 12.4 Å². The highest BCUT2D eigenvalue weighted by atomic mass is 32.2. The number of sulfonamides is 1. The lowest BCUT2D eigenvalue weighted by molar-refractivity contribution is -0.117. The van der Waals surface area contributed by atoms with E-state index in [2.05, 4.69) is 5.32 Å². The molecular formula is C19H22N2O4S. The van der Waals surface area contributed by atoms with Crippen LogP contribution in [0.15, 0.2) is 59.5 Å². The molecule has 0 aliphatic carbocycles. The van der Waals surface area contributed by atoms with Crippen molar-refractivity contribution in [1.82, 2.24) is 5.32 Å². The minimum Gasteiger partial charge on any atom is -0.493 e. The molecule has 2 aromatic carbocycles.